The molecule has 0 saturated heterocycles. The second-order valence-electron chi connectivity index (χ2n) is 7.36. The van der Waals surface area contributed by atoms with Gasteiger partial charge in [-0.2, -0.15) is 5.26 Å². The third-order valence-electron chi connectivity index (χ3n) is 5.30. The van der Waals surface area contributed by atoms with Crippen LogP contribution in [0.5, 0.6) is 0 Å². The van der Waals surface area contributed by atoms with Crippen molar-refractivity contribution >= 4 is 40.2 Å². The number of anilines is 1. The Morgan fingerprint density at radius 2 is 1.88 bits per heavy atom. The number of amides is 1. The van der Waals surface area contributed by atoms with E-state index in [1.807, 2.05) is 41.1 Å². The zero-order valence-corrected chi connectivity index (χ0v) is 18.0. The molecule has 4 rings (SSSR count). The fourth-order valence-corrected chi connectivity index (χ4v) is 3.74. The fraction of sp³-hybridized carbons (Fsp3) is 0.0769. The number of halogens is 2. The number of benzene rings is 3. The number of carbonyl (C=O) groups is 1. The zero-order valence-electron chi connectivity index (χ0n) is 17.3. The molecule has 0 aliphatic rings. The molecule has 0 fully saturated rings. The van der Waals surface area contributed by atoms with Gasteiger partial charge in [0.15, 0.2) is 0 Å². The number of hydrogen-bond donors (Lipinski definition) is 1. The summed E-state index contributed by atoms with van der Waals surface area (Å²) in [5.41, 5.74) is 3.36. The van der Waals surface area contributed by atoms with Gasteiger partial charge in [0.2, 0.25) is 0 Å². The van der Waals surface area contributed by atoms with E-state index in [-0.39, 0.29) is 11.4 Å². The summed E-state index contributed by atoms with van der Waals surface area (Å²) in [4.78, 5) is 12.8. The lowest BCUT2D eigenvalue weighted by Gasteiger charge is -2.08. The molecule has 158 valence electrons. The SMILES string of the molecule is Cc1c(Cl)cccc1NC(=O)/C(C#N)=C/c1cn(Cc2ccccc2F)c2ccccc12. The number of fused-ring (bicyclic) bond motifs is 1. The van der Waals surface area contributed by atoms with Crippen molar-refractivity contribution in [1.82, 2.24) is 4.57 Å². The number of nitrogens with one attached hydrogen (secondary N) is 1. The molecule has 1 N–H and O–H groups in total. The van der Waals surface area contributed by atoms with Crippen molar-refractivity contribution in [3.8, 4) is 6.07 Å². The number of carbonyl (C=O) groups excluding carboxylic acids is 1. The highest BCUT2D eigenvalue weighted by Crippen LogP contribution is 2.26. The van der Waals surface area contributed by atoms with Crippen molar-refractivity contribution < 1.29 is 9.18 Å². The number of nitrogens with zero attached hydrogens (tertiary/aromatic N) is 2. The number of rotatable bonds is 5. The van der Waals surface area contributed by atoms with Crippen LogP contribution in [-0.2, 0) is 11.3 Å². The van der Waals surface area contributed by atoms with Gasteiger partial charge in [-0.25, -0.2) is 4.39 Å². The van der Waals surface area contributed by atoms with Crippen LogP contribution in [0.1, 0.15) is 16.7 Å². The van der Waals surface area contributed by atoms with Gasteiger partial charge in [-0.1, -0.05) is 54.1 Å². The Kier molecular flexibility index (Phi) is 6.07. The van der Waals surface area contributed by atoms with Gasteiger partial charge >= 0.3 is 0 Å². The van der Waals surface area contributed by atoms with Crippen LogP contribution < -0.4 is 5.32 Å². The summed E-state index contributed by atoms with van der Waals surface area (Å²) in [5.74, 6) is -0.805. The molecular weight excluding hydrogens is 425 g/mol. The van der Waals surface area contributed by atoms with Crippen LogP contribution in [0, 0.1) is 24.1 Å². The van der Waals surface area contributed by atoms with Crippen LogP contribution in [0.15, 0.2) is 78.5 Å². The topological polar surface area (TPSA) is 57.8 Å². The highest BCUT2D eigenvalue weighted by atomic mass is 35.5. The van der Waals surface area contributed by atoms with Gasteiger partial charge in [-0.3, -0.25) is 4.79 Å². The molecule has 6 heteroatoms. The summed E-state index contributed by atoms with van der Waals surface area (Å²) < 4.78 is 16.1. The lowest BCUT2D eigenvalue weighted by atomic mass is 10.1. The van der Waals surface area contributed by atoms with Gasteiger partial charge in [0.1, 0.15) is 17.5 Å². The molecule has 4 nitrogen and oxygen atoms in total. The highest BCUT2D eigenvalue weighted by Gasteiger charge is 2.15. The van der Waals surface area contributed by atoms with Crippen LogP contribution >= 0.6 is 11.6 Å². The summed E-state index contributed by atoms with van der Waals surface area (Å²) in [7, 11) is 0. The van der Waals surface area contributed by atoms with Crippen molar-refractivity contribution in [3.05, 3.63) is 106 Å². The molecule has 1 amide bonds. The van der Waals surface area contributed by atoms with E-state index in [9.17, 15) is 14.4 Å². The van der Waals surface area contributed by atoms with Crippen molar-refractivity contribution in [2.24, 2.45) is 0 Å². The predicted octanol–water partition coefficient (Wildman–Crippen LogP) is 6.34. The molecule has 0 unspecified atom stereocenters. The molecule has 4 aromatic rings. The van der Waals surface area contributed by atoms with E-state index >= 15 is 0 Å². The monoisotopic (exact) mass is 443 g/mol. The number of hydrogen-bond acceptors (Lipinski definition) is 2. The van der Waals surface area contributed by atoms with Crippen molar-refractivity contribution in [1.29, 1.82) is 5.26 Å². The van der Waals surface area contributed by atoms with Crippen molar-refractivity contribution in [3.63, 3.8) is 0 Å². The minimum Gasteiger partial charge on any atom is -0.342 e. The summed E-state index contributed by atoms with van der Waals surface area (Å²) in [6, 6.07) is 21.4. The smallest absolute Gasteiger partial charge is 0.266 e. The number of aromatic nitrogens is 1. The fourth-order valence-electron chi connectivity index (χ4n) is 3.57. The van der Waals surface area contributed by atoms with Crippen LogP contribution in [0.25, 0.3) is 17.0 Å². The van der Waals surface area contributed by atoms with Crippen molar-refractivity contribution in [2.75, 3.05) is 5.32 Å². The second-order valence-corrected chi connectivity index (χ2v) is 7.76. The normalized spacial score (nSPS) is 11.4. The number of para-hydroxylation sites is 1. The van der Waals surface area contributed by atoms with Crippen LogP contribution in [0.3, 0.4) is 0 Å². The van der Waals surface area contributed by atoms with E-state index in [0.29, 0.717) is 28.4 Å². The Labute approximate surface area is 190 Å². The predicted molar refractivity (Wildman–Crippen MR) is 126 cm³/mol. The Bertz CT molecular complexity index is 1400. The van der Waals surface area contributed by atoms with E-state index in [2.05, 4.69) is 5.32 Å². The summed E-state index contributed by atoms with van der Waals surface area (Å²) in [6.45, 7) is 2.13. The van der Waals surface area contributed by atoms with E-state index in [1.165, 1.54) is 6.07 Å². The van der Waals surface area contributed by atoms with E-state index in [4.69, 9.17) is 11.6 Å². The maximum atomic E-state index is 14.2. The first-order chi connectivity index (χ1) is 15.5. The molecule has 3 aromatic carbocycles. The lowest BCUT2D eigenvalue weighted by Crippen LogP contribution is -2.14. The van der Waals surface area contributed by atoms with Crippen molar-refractivity contribution in [2.45, 2.75) is 13.5 Å². The summed E-state index contributed by atoms with van der Waals surface area (Å²) in [6.07, 6.45) is 3.38. The maximum Gasteiger partial charge on any atom is 0.266 e. The first-order valence-electron chi connectivity index (χ1n) is 9.97. The molecular formula is C26H19ClFN3O. The second kappa shape index (κ2) is 9.09. The molecule has 1 heterocycles. The average Bonchev–Trinajstić information content (AvgIpc) is 3.14. The van der Waals surface area contributed by atoms with Gasteiger partial charge in [-0.15, -0.1) is 0 Å². The minimum absolute atomic E-state index is 0.0434. The Hall–Kier alpha value is -3.88. The first kappa shape index (κ1) is 21.4. The molecule has 32 heavy (non-hydrogen) atoms. The molecule has 0 atom stereocenters. The maximum absolute atomic E-state index is 14.2. The van der Waals surface area contributed by atoms with E-state index in [1.54, 1.807) is 49.4 Å². The Balaban J connectivity index is 1.70. The average molecular weight is 444 g/mol. The van der Waals surface area contributed by atoms with E-state index < -0.39 is 5.91 Å². The van der Waals surface area contributed by atoms with Gasteiger partial charge < -0.3 is 9.88 Å². The van der Waals surface area contributed by atoms with E-state index in [0.717, 1.165) is 16.5 Å². The largest absolute Gasteiger partial charge is 0.342 e. The third-order valence-corrected chi connectivity index (χ3v) is 5.71. The minimum atomic E-state index is -0.524. The standard InChI is InChI=1S/C26H19ClFN3O/c1-17-22(27)9-6-11-24(17)30-26(32)19(14-29)13-20-16-31(25-12-5-3-8-21(20)25)15-18-7-2-4-10-23(18)28/h2-13,16H,15H2,1H3,(H,30,32)/b19-13+. The third kappa shape index (κ3) is 4.27. The summed E-state index contributed by atoms with van der Waals surface area (Å²) >= 11 is 6.13. The molecule has 0 bridgehead atoms. The van der Waals surface area contributed by atoms with Gasteiger partial charge in [0.25, 0.3) is 5.91 Å². The Morgan fingerprint density at radius 3 is 2.66 bits per heavy atom. The van der Waals surface area contributed by atoms with Crippen LogP contribution in [0.4, 0.5) is 10.1 Å². The quantitative estimate of drug-likeness (QED) is 0.289. The van der Waals surface area contributed by atoms with Gasteiger partial charge in [-0.05, 0) is 42.8 Å². The molecule has 0 aliphatic carbocycles. The van der Waals surface area contributed by atoms with Crippen LogP contribution in [0.2, 0.25) is 5.02 Å². The van der Waals surface area contributed by atoms with Gasteiger partial charge in [0.05, 0.1) is 6.54 Å². The molecule has 0 aliphatic heterocycles. The van der Waals surface area contributed by atoms with Gasteiger partial charge in [0, 0.05) is 38.9 Å². The molecule has 0 radical (unpaired) electrons. The molecule has 1 aromatic heterocycles. The molecule has 0 spiro atoms. The first-order valence-corrected chi connectivity index (χ1v) is 10.3. The summed E-state index contributed by atoms with van der Waals surface area (Å²) in [5, 5.41) is 13.8. The number of nitriles is 1. The Morgan fingerprint density at radius 1 is 1.12 bits per heavy atom. The zero-order chi connectivity index (χ0) is 22.7. The molecule has 0 saturated carbocycles. The van der Waals surface area contributed by atoms with Crippen LogP contribution in [-0.4, -0.2) is 10.5 Å². The lowest BCUT2D eigenvalue weighted by molar-refractivity contribution is -0.112. The highest BCUT2D eigenvalue weighted by molar-refractivity contribution is 6.31.